The summed E-state index contributed by atoms with van der Waals surface area (Å²) < 4.78 is 18.1. The van der Waals surface area contributed by atoms with Gasteiger partial charge in [0.15, 0.2) is 11.5 Å². The molecule has 0 amide bonds. The quantitative estimate of drug-likeness (QED) is 0.123. The lowest BCUT2D eigenvalue weighted by molar-refractivity contribution is -0.387. The van der Waals surface area contributed by atoms with Crippen LogP contribution in [0.4, 0.5) is 5.69 Å². The molecule has 1 aliphatic carbocycles. The van der Waals surface area contributed by atoms with Gasteiger partial charge in [-0.2, -0.15) is 0 Å². The van der Waals surface area contributed by atoms with Gasteiger partial charge in [-0.3, -0.25) is 19.7 Å². The summed E-state index contributed by atoms with van der Waals surface area (Å²) in [5.74, 6) is -2.83. The van der Waals surface area contributed by atoms with Crippen LogP contribution in [0, 0.1) is 29.9 Å². The molecule has 1 saturated carbocycles. The standard InChI is InChI=1S/C31H23ClN2O7/c1-15-11-12-22-18(13-15)27(35)19-14-31(20-8-4-6-10-23(20)40-30(31)36)25(17-7-3-5-9-21(17)32)24(28(19)39-22)29-26(34(37)38)16(2)33-41-29/h3-13,19,24-25,28H,14H2,1-2H3/t19-,24-,25-,28-,31-/m1/s1. The van der Waals surface area contributed by atoms with E-state index in [0.717, 1.165) is 5.56 Å². The van der Waals surface area contributed by atoms with Gasteiger partial charge in [0.1, 0.15) is 23.0 Å². The smallest absolute Gasteiger partial charge is 0.334 e. The fourth-order valence-corrected chi connectivity index (χ4v) is 7.30. The van der Waals surface area contributed by atoms with Gasteiger partial charge >= 0.3 is 11.7 Å². The Bertz CT molecular complexity index is 1780. The van der Waals surface area contributed by atoms with Crippen molar-refractivity contribution in [2.75, 3.05) is 0 Å². The Hall–Kier alpha value is -4.50. The Labute approximate surface area is 239 Å². The molecule has 0 saturated heterocycles. The van der Waals surface area contributed by atoms with Crippen molar-refractivity contribution in [2.24, 2.45) is 5.92 Å². The maximum atomic E-state index is 14.2. The highest BCUT2D eigenvalue weighted by Crippen LogP contribution is 2.64. The number of ether oxygens (including phenoxy) is 2. The van der Waals surface area contributed by atoms with Crippen LogP contribution in [0.25, 0.3) is 0 Å². The molecule has 5 atom stereocenters. The third-order valence-electron chi connectivity index (χ3n) is 8.70. The Balaban J connectivity index is 1.57. The number of rotatable bonds is 3. The van der Waals surface area contributed by atoms with E-state index in [0.29, 0.717) is 33.2 Å². The van der Waals surface area contributed by atoms with Gasteiger partial charge in [0.05, 0.1) is 22.3 Å². The Morgan fingerprint density at radius 3 is 2.56 bits per heavy atom. The Morgan fingerprint density at radius 2 is 1.78 bits per heavy atom. The van der Waals surface area contributed by atoms with Crippen molar-refractivity contribution in [3.05, 3.63) is 116 Å². The number of esters is 1. The number of Topliss-reactive ketones (excluding diaryl/α,β-unsaturated/α-hetero) is 1. The number of fused-ring (bicyclic) bond motifs is 4. The molecule has 0 unspecified atom stereocenters. The van der Waals surface area contributed by atoms with Crippen LogP contribution in [0.5, 0.6) is 11.5 Å². The molecule has 0 radical (unpaired) electrons. The van der Waals surface area contributed by atoms with E-state index in [1.54, 1.807) is 60.7 Å². The fraction of sp³-hybridized carbons (Fsp3) is 0.258. The van der Waals surface area contributed by atoms with Crippen LogP contribution in [0.2, 0.25) is 5.02 Å². The minimum atomic E-state index is -1.43. The van der Waals surface area contributed by atoms with E-state index >= 15 is 0 Å². The largest absolute Gasteiger partial charge is 0.488 e. The van der Waals surface area contributed by atoms with Gasteiger partial charge in [0, 0.05) is 16.5 Å². The van der Waals surface area contributed by atoms with Crippen molar-refractivity contribution in [2.45, 2.75) is 43.6 Å². The maximum absolute atomic E-state index is 14.2. The number of benzene rings is 3. The minimum absolute atomic E-state index is 0.0486. The molecule has 9 nitrogen and oxygen atoms in total. The summed E-state index contributed by atoms with van der Waals surface area (Å²) >= 11 is 6.82. The van der Waals surface area contributed by atoms with Crippen LogP contribution in [-0.2, 0) is 10.2 Å². The zero-order valence-electron chi connectivity index (χ0n) is 22.0. The van der Waals surface area contributed by atoms with Crippen LogP contribution in [0.15, 0.2) is 71.3 Å². The van der Waals surface area contributed by atoms with Crippen molar-refractivity contribution in [3.8, 4) is 11.5 Å². The summed E-state index contributed by atoms with van der Waals surface area (Å²) in [7, 11) is 0. The molecule has 3 aromatic carbocycles. The van der Waals surface area contributed by atoms with Gasteiger partial charge in [-0.1, -0.05) is 64.8 Å². The first kappa shape index (κ1) is 25.5. The Kier molecular flexibility index (Phi) is 5.59. The molecule has 41 heavy (non-hydrogen) atoms. The van der Waals surface area contributed by atoms with Crippen LogP contribution in [0.1, 0.15) is 56.8 Å². The van der Waals surface area contributed by atoms with Gasteiger partial charge in [0.25, 0.3) is 0 Å². The third-order valence-corrected chi connectivity index (χ3v) is 9.04. The van der Waals surface area contributed by atoms with Crippen LogP contribution < -0.4 is 9.47 Å². The molecule has 4 aromatic rings. The van der Waals surface area contributed by atoms with E-state index in [9.17, 15) is 19.7 Å². The van der Waals surface area contributed by atoms with Gasteiger partial charge in [0.2, 0.25) is 5.76 Å². The second-order valence-corrected chi connectivity index (χ2v) is 11.3. The number of hydrogen-bond acceptors (Lipinski definition) is 8. The number of ketones is 1. The molecule has 1 aromatic heterocycles. The number of halogens is 1. The number of hydrogen-bond donors (Lipinski definition) is 0. The number of carbonyl (C=O) groups is 2. The average Bonchev–Trinajstić information content (AvgIpc) is 3.47. The van der Waals surface area contributed by atoms with Crippen molar-refractivity contribution < 1.29 is 28.5 Å². The number of para-hydroxylation sites is 1. The predicted molar refractivity (Wildman–Crippen MR) is 147 cm³/mol. The monoisotopic (exact) mass is 570 g/mol. The summed E-state index contributed by atoms with van der Waals surface area (Å²) in [5, 5.41) is 16.7. The molecule has 206 valence electrons. The lowest BCUT2D eigenvalue weighted by Gasteiger charge is -2.51. The van der Waals surface area contributed by atoms with E-state index in [4.69, 9.17) is 25.6 Å². The van der Waals surface area contributed by atoms with E-state index < -0.39 is 40.2 Å². The van der Waals surface area contributed by atoms with E-state index in [1.165, 1.54) is 6.92 Å². The van der Waals surface area contributed by atoms with Gasteiger partial charge < -0.3 is 14.0 Å². The van der Waals surface area contributed by atoms with Gasteiger partial charge in [-0.25, -0.2) is 0 Å². The summed E-state index contributed by atoms with van der Waals surface area (Å²) in [4.78, 5) is 40.2. The molecule has 0 bridgehead atoms. The summed E-state index contributed by atoms with van der Waals surface area (Å²) in [5.41, 5.74) is 0.740. The maximum Gasteiger partial charge on any atom is 0.334 e. The molecule has 3 aliphatic rings. The highest BCUT2D eigenvalue weighted by molar-refractivity contribution is 6.31. The normalized spacial score (nSPS) is 26.1. The molecule has 10 heteroatoms. The lowest BCUT2D eigenvalue weighted by atomic mass is 9.52. The SMILES string of the molecule is Cc1ccc2c(c1)C(=O)[C@H]1C[C@]3(C(=O)Oc4ccccc43)[C@H](c3ccccc3Cl)[C@@H](c3onc(C)c3[N+](=O)[O-])[C@@H]1O2. The second-order valence-electron chi connectivity index (χ2n) is 10.9. The second kappa shape index (κ2) is 9.01. The highest BCUT2D eigenvalue weighted by Gasteiger charge is 2.67. The Morgan fingerprint density at radius 1 is 1.02 bits per heavy atom. The molecule has 1 fully saturated rings. The highest BCUT2D eigenvalue weighted by atomic mass is 35.5. The van der Waals surface area contributed by atoms with Gasteiger partial charge in [-0.15, -0.1) is 0 Å². The summed E-state index contributed by atoms with van der Waals surface area (Å²) in [6.07, 6.45) is -0.872. The zero-order chi connectivity index (χ0) is 28.6. The predicted octanol–water partition coefficient (Wildman–Crippen LogP) is 6.24. The van der Waals surface area contributed by atoms with Crippen LogP contribution in [0.3, 0.4) is 0 Å². The topological polar surface area (TPSA) is 122 Å². The number of carbonyl (C=O) groups excluding carboxylic acids is 2. The number of aromatic nitrogens is 1. The van der Waals surface area contributed by atoms with E-state index in [1.807, 2.05) is 13.0 Å². The van der Waals surface area contributed by atoms with Crippen molar-refractivity contribution in [1.82, 2.24) is 5.16 Å². The molecule has 0 N–H and O–H groups in total. The fourth-order valence-electron chi connectivity index (χ4n) is 7.04. The first-order valence-corrected chi connectivity index (χ1v) is 13.6. The molecule has 3 heterocycles. The van der Waals surface area contributed by atoms with Crippen LogP contribution in [-0.4, -0.2) is 27.9 Å². The molecular weight excluding hydrogens is 548 g/mol. The number of nitro groups is 1. The minimum Gasteiger partial charge on any atom is -0.488 e. The van der Waals surface area contributed by atoms with Crippen molar-refractivity contribution in [3.63, 3.8) is 0 Å². The van der Waals surface area contributed by atoms with E-state index in [2.05, 4.69) is 5.16 Å². The van der Waals surface area contributed by atoms with Gasteiger partial charge in [-0.05, 0) is 50.1 Å². The number of aryl methyl sites for hydroxylation is 2. The number of nitrogens with zero attached hydrogens (tertiary/aromatic N) is 2. The summed E-state index contributed by atoms with van der Waals surface area (Å²) in [6.45, 7) is 3.36. The lowest BCUT2D eigenvalue weighted by Crippen LogP contribution is -2.57. The first-order valence-electron chi connectivity index (χ1n) is 13.2. The van der Waals surface area contributed by atoms with Crippen molar-refractivity contribution >= 4 is 29.0 Å². The third kappa shape index (κ3) is 3.51. The average molecular weight is 571 g/mol. The summed E-state index contributed by atoms with van der Waals surface area (Å²) in [6, 6.07) is 19.4. The molecule has 1 spiro atoms. The zero-order valence-corrected chi connectivity index (χ0v) is 22.8. The van der Waals surface area contributed by atoms with Crippen molar-refractivity contribution in [1.29, 1.82) is 0 Å². The molecule has 7 rings (SSSR count). The molecular formula is C31H23ClN2O7. The first-order chi connectivity index (χ1) is 19.7. The molecule has 2 aliphatic heterocycles. The van der Waals surface area contributed by atoms with E-state index in [-0.39, 0.29) is 29.3 Å². The van der Waals surface area contributed by atoms with Crippen LogP contribution >= 0.6 is 11.6 Å².